The van der Waals surface area contributed by atoms with Crippen molar-refractivity contribution >= 4 is 0 Å². The van der Waals surface area contributed by atoms with Gasteiger partial charge in [0.25, 0.3) is 0 Å². The van der Waals surface area contributed by atoms with Crippen molar-refractivity contribution in [2.45, 2.75) is 84.5 Å². The zero-order chi connectivity index (χ0) is 13.7. The van der Waals surface area contributed by atoms with Gasteiger partial charge >= 0.3 is 0 Å². The molecule has 19 heavy (non-hydrogen) atoms. The Labute approximate surface area is 129 Å². The van der Waals surface area contributed by atoms with Gasteiger partial charge in [0, 0.05) is 0 Å². The fourth-order valence-electron chi connectivity index (χ4n) is 2.74. The smallest absolute Gasteiger partial charge is 0.0782 e. The van der Waals surface area contributed by atoms with Gasteiger partial charge in [0.1, 0.15) is 0 Å². The largest absolute Gasteiger partial charge is 1.00 e. The number of rotatable bonds is 13. The highest BCUT2D eigenvalue weighted by atomic mass is 35.5. The molecule has 0 aromatic rings. The summed E-state index contributed by atoms with van der Waals surface area (Å²) in [5.74, 6) is 0. The van der Waals surface area contributed by atoms with Crippen LogP contribution in [0.5, 0.6) is 0 Å². The molecule has 0 aromatic carbocycles. The van der Waals surface area contributed by atoms with Gasteiger partial charge < -0.3 is 16.9 Å². The Bertz CT molecular complexity index is 169. The molecule has 0 unspecified atom stereocenters. The van der Waals surface area contributed by atoms with E-state index in [0.717, 1.165) is 0 Å². The van der Waals surface area contributed by atoms with Crippen molar-refractivity contribution in [2.24, 2.45) is 0 Å². The Hall–Kier alpha value is 0.250. The summed E-state index contributed by atoms with van der Waals surface area (Å²) < 4.78 is 1.22. The molecule has 0 heterocycles. The SMILES string of the molecule is CCCCCCCCCCCC[N+](C)(C)CCC.[Cl-]. The third-order valence-electron chi connectivity index (χ3n) is 3.95. The van der Waals surface area contributed by atoms with Crippen LogP contribution in [-0.4, -0.2) is 31.7 Å². The molecule has 0 N–H and O–H groups in total. The lowest BCUT2D eigenvalue weighted by molar-refractivity contribution is -0.890. The van der Waals surface area contributed by atoms with E-state index < -0.39 is 0 Å². The van der Waals surface area contributed by atoms with Crippen molar-refractivity contribution < 1.29 is 16.9 Å². The molecule has 0 atom stereocenters. The van der Waals surface area contributed by atoms with E-state index in [4.69, 9.17) is 0 Å². The fourth-order valence-corrected chi connectivity index (χ4v) is 2.74. The van der Waals surface area contributed by atoms with Gasteiger partial charge in [-0.3, -0.25) is 0 Å². The predicted octanol–water partition coefficient (Wildman–Crippen LogP) is 2.40. The van der Waals surface area contributed by atoms with Crippen LogP contribution >= 0.6 is 0 Å². The molecule has 0 amide bonds. The first-order chi connectivity index (χ1) is 8.62. The minimum Gasteiger partial charge on any atom is -1.00 e. The van der Waals surface area contributed by atoms with E-state index in [1.54, 1.807) is 0 Å². The van der Waals surface area contributed by atoms with Crippen LogP contribution in [0.1, 0.15) is 84.5 Å². The van der Waals surface area contributed by atoms with Crippen LogP contribution in [0.25, 0.3) is 0 Å². The number of unbranched alkanes of at least 4 members (excludes halogenated alkanes) is 9. The normalized spacial score (nSPS) is 11.4. The summed E-state index contributed by atoms with van der Waals surface area (Å²) >= 11 is 0. The van der Waals surface area contributed by atoms with Gasteiger partial charge in [0.15, 0.2) is 0 Å². The van der Waals surface area contributed by atoms with Gasteiger partial charge in [0.05, 0.1) is 27.2 Å². The second-order valence-electron chi connectivity index (χ2n) is 6.56. The highest BCUT2D eigenvalue weighted by Crippen LogP contribution is 2.11. The van der Waals surface area contributed by atoms with E-state index in [1.165, 1.54) is 88.2 Å². The van der Waals surface area contributed by atoms with E-state index in [0.29, 0.717) is 0 Å². The highest BCUT2D eigenvalue weighted by Gasteiger charge is 2.11. The van der Waals surface area contributed by atoms with Crippen LogP contribution < -0.4 is 12.4 Å². The van der Waals surface area contributed by atoms with Gasteiger partial charge in [-0.05, 0) is 19.3 Å². The first kappa shape index (κ1) is 21.5. The van der Waals surface area contributed by atoms with Crippen molar-refractivity contribution in [3.63, 3.8) is 0 Å². The highest BCUT2D eigenvalue weighted by molar-refractivity contribution is 4.47. The zero-order valence-corrected chi connectivity index (χ0v) is 14.8. The number of halogens is 1. The molecule has 0 aliphatic heterocycles. The summed E-state index contributed by atoms with van der Waals surface area (Å²) in [7, 11) is 4.74. The molecule has 0 bridgehead atoms. The van der Waals surface area contributed by atoms with E-state index in [-0.39, 0.29) is 12.4 Å². The predicted molar refractivity (Wildman–Crippen MR) is 84.0 cm³/mol. The van der Waals surface area contributed by atoms with Crippen LogP contribution in [0.2, 0.25) is 0 Å². The van der Waals surface area contributed by atoms with Crippen LogP contribution in [0.15, 0.2) is 0 Å². The molecular formula is C17H38ClN. The number of nitrogens with zero attached hydrogens (tertiary/aromatic N) is 1. The van der Waals surface area contributed by atoms with Crippen LogP contribution in [0, 0.1) is 0 Å². The molecule has 0 radical (unpaired) electrons. The molecule has 1 nitrogen and oxygen atoms in total. The summed E-state index contributed by atoms with van der Waals surface area (Å²) in [5.41, 5.74) is 0. The molecule has 0 aliphatic rings. The van der Waals surface area contributed by atoms with Gasteiger partial charge in [-0.15, -0.1) is 0 Å². The molecule has 0 saturated carbocycles. The maximum Gasteiger partial charge on any atom is 0.0782 e. The standard InChI is InChI=1S/C17H38N.ClH/c1-5-7-8-9-10-11-12-13-14-15-17-18(3,4)16-6-2;/h5-17H2,1-4H3;1H/q+1;/p-1. The summed E-state index contributed by atoms with van der Waals surface area (Å²) in [6, 6.07) is 0. The summed E-state index contributed by atoms with van der Waals surface area (Å²) in [6.07, 6.45) is 15.8. The lowest BCUT2D eigenvalue weighted by Gasteiger charge is -2.29. The molecule has 0 aromatic heterocycles. The quantitative estimate of drug-likeness (QED) is 0.361. The molecule has 2 heteroatoms. The summed E-state index contributed by atoms with van der Waals surface area (Å²) in [4.78, 5) is 0. The Balaban J connectivity index is 0. The zero-order valence-electron chi connectivity index (χ0n) is 14.0. The van der Waals surface area contributed by atoms with Crippen LogP contribution in [-0.2, 0) is 0 Å². The first-order valence-electron chi connectivity index (χ1n) is 8.44. The molecule has 118 valence electrons. The second-order valence-corrected chi connectivity index (χ2v) is 6.56. The number of hydrogen-bond acceptors (Lipinski definition) is 0. The van der Waals surface area contributed by atoms with E-state index in [2.05, 4.69) is 27.9 Å². The minimum absolute atomic E-state index is 0. The Morgan fingerprint density at radius 3 is 1.37 bits per heavy atom. The average molecular weight is 292 g/mol. The van der Waals surface area contributed by atoms with E-state index in [1.807, 2.05) is 0 Å². The van der Waals surface area contributed by atoms with Crippen molar-refractivity contribution in [3.8, 4) is 0 Å². The first-order valence-corrected chi connectivity index (χ1v) is 8.44. The molecular weight excluding hydrogens is 254 g/mol. The van der Waals surface area contributed by atoms with Crippen LogP contribution in [0.4, 0.5) is 0 Å². The van der Waals surface area contributed by atoms with Gasteiger partial charge in [0.2, 0.25) is 0 Å². The Kier molecular flexibility index (Phi) is 16.6. The monoisotopic (exact) mass is 291 g/mol. The minimum atomic E-state index is 0. The van der Waals surface area contributed by atoms with Crippen molar-refractivity contribution in [2.75, 3.05) is 27.2 Å². The number of quaternary nitrogens is 1. The van der Waals surface area contributed by atoms with Gasteiger partial charge in [-0.2, -0.15) is 0 Å². The average Bonchev–Trinajstić information content (AvgIpc) is 2.31. The summed E-state index contributed by atoms with van der Waals surface area (Å²) in [6.45, 7) is 7.28. The molecule has 0 saturated heterocycles. The second kappa shape index (κ2) is 14.7. The maximum absolute atomic E-state index is 2.37. The number of hydrogen-bond donors (Lipinski definition) is 0. The fraction of sp³-hybridized carbons (Fsp3) is 1.00. The molecule has 0 spiro atoms. The molecule has 0 aliphatic carbocycles. The van der Waals surface area contributed by atoms with Crippen molar-refractivity contribution in [3.05, 3.63) is 0 Å². The topological polar surface area (TPSA) is 0 Å². The van der Waals surface area contributed by atoms with Crippen molar-refractivity contribution in [1.29, 1.82) is 0 Å². The Morgan fingerprint density at radius 1 is 0.526 bits per heavy atom. The van der Waals surface area contributed by atoms with Gasteiger partial charge in [-0.1, -0.05) is 65.2 Å². The molecule has 0 rings (SSSR count). The van der Waals surface area contributed by atoms with Crippen LogP contribution in [0.3, 0.4) is 0 Å². The van der Waals surface area contributed by atoms with Crippen molar-refractivity contribution in [1.82, 2.24) is 0 Å². The third-order valence-corrected chi connectivity index (χ3v) is 3.95. The molecule has 0 fully saturated rings. The van der Waals surface area contributed by atoms with E-state index in [9.17, 15) is 0 Å². The lowest BCUT2D eigenvalue weighted by Crippen LogP contribution is -3.00. The summed E-state index contributed by atoms with van der Waals surface area (Å²) in [5, 5.41) is 0. The van der Waals surface area contributed by atoms with Gasteiger partial charge in [-0.25, -0.2) is 0 Å². The Morgan fingerprint density at radius 2 is 0.947 bits per heavy atom. The maximum atomic E-state index is 2.37. The lowest BCUT2D eigenvalue weighted by atomic mass is 10.1. The third kappa shape index (κ3) is 16.2. The van der Waals surface area contributed by atoms with E-state index >= 15 is 0 Å².